The van der Waals surface area contributed by atoms with Gasteiger partial charge < -0.3 is 15.0 Å². The molecule has 0 spiro atoms. The molecule has 0 aliphatic carbocycles. The first-order valence-corrected chi connectivity index (χ1v) is 5.92. The zero-order chi connectivity index (χ0) is 10.7. The molecule has 2 fully saturated rings. The number of amides is 1. The maximum absolute atomic E-state index is 12.2. The van der Waals surface area contributed by atoms with E-state index in [4.69, 9.17) is 4.74 Å². The predicted octanol–water partition coefficient (Wildman–Crippen LogP) is 0.655. The minimum Gasteiger partial charge on any atom is -0.377 e. The summed E-state index contributed by atoms with van der Waals surface area (Å²) >= 11 is 0. The quantitative estimate of drug-likeness (QED) is 0.781. The highest BCUT2D eigenvalue weighted by atomic mass is 35.5. The van der Waals surface area contributed by atoms with E-state index < -0.39 is 0 Å². The topological polar surface area (TPSA) is 41.6 Å². The Morgan fingerprint density at radius 3 is 3.00 bits per heavy atom. The molecule has 1 amide bonds. The monoisotopic (exact) mass is 248 g/mol. The van der Waals surface area contributed by atoms with Gasteiger partial charge in [-0.2, -0.15) is 0 Å². The normalized spacial score (nSPS) is 29.9. The molecule has 0 aromatic rings. The Morgan fingerprint density at radius 2 is 2.38 bits per heavy atom. The lowest BCUT2D eigenvalue weighted by atomic mass is 10.0. The SMILES string of the molecule is CCC1COCCN1C(=O)[C@@H]1CCNC1.Cl. The number of hydrogen-bond donors (Lipinski definition) is 1. The third-order valence-electron chi connectivity index (χ3n) is 3.39. The maximum Gasteiger partial charge on any atom is 0.227 e. The summed E-state index contributed by atoms with van der Waals surface area (Å²) in [5.41, 5.74) is 0. The van der Waals surface area contributed by atoms with E-state index in [2.05, 4.69) is 12.2 Å². The van der Waals surface area contributed by atoms with Crippen LogP contribution < -0.4 is 5.32 Å². The first-order chi connectivity index (χ1) is 7.33. The van der Waals surface area contributed by atoms with Crippen LogP contribution in [0.1, 0.15) is 19.8 Å². The average molecular weight is 249 g/mol. The molecule has 0 bridgehead atoms. The van der Waals surface area contributed by atoms with E-state index in [1.165, 1.54) is 0 Å². The summed E-state index contributed by atoms with van der Waals surface area (Å²) in [5.74, 6) is 0.535. The molecule has 16 heavy (non-hydrogen) atoms. The molecule has 94 valence electrons. The van der Waals surface area contributed by atoms with E-state index in [9.17, 15) is 4.79 Å². The molecule has 5 heteroatoms. The van der Waals surface area contributed by atoms with E-state index in [0.29, 0.717) is 25.2 Å². The fraction of sp³-hybridized carbons (Fsp3) is 0.909. The zero-order valence-corrected chi connectivity index (χ0v) is 10.6. The fourth-order valence-corrected chi connectivity index (χ4v) is 2.38. The van der Waals surface area contributed by atoms with Crippen LogP contribution in [0.2, 0.25) is 0 Å². The Kier molecular flexibility index (Phi) is 5.52. The highest BCUT2D eigenvalue weighted by Crippen LogP contribution is 2.17. The molecule has 4 nitrogen and oxygen atoms in total. The van der Waals surface area contributed by atoms with Crippen LogP contribution in [0.3, 0.4) is 0 Å². The minimum absolute atomic E-state index is 0. The molecule has 1 unspecified atom stereocenters. The van der Waals surface area contributed by atoms with Gasteiger partial charge in [0.2, 0.25) is 5.91 Å². The predicted molar refractivity (Wildman–Crippen MR) is 64.8 cm³/mol. The van der Waals surface area contributed by atoms with Crippen molar-refractivity contribution in [3.8, 4) is 0 Å². The van der Waals surface area contributed by atoms with Crippen LogP contribution in [0.25, 0.3) is 0 Å². The van der Waals surface area contributed by atoms with E-state index in [1.807, 2.05) is 4.90 Å². The number of hydrogen-bond acceptors (Lipinski definition) is 3. The molecular formula is C11H21ClN2O2. The second-order valence-electron chi connectivity index (χ2n) is 4.36. The van der Waals surface area contributed by atoms with Gasteiger partial charge in [0.1, 0.15) is 0 Å². The van der Waals surface area contributed by atoms with Crippen LogP contribution in [0.15, 0.2) is 0 Å². The number of carbonyl (C=O) groups excluding carboxylic acids is 1. The number of morpholine rings is 1. The first kappa shape index (κ1) is 13.7. The van der Waals surface area contributed by atoms with Gasteiger partial charge in [-0.15, -0.1) is 12.4 Å². The molecule has 2 heterocycles. The second-order valence-corrected chi connectivity index (χ2v) is 4.36. The van der Waals surface area contributed by atoms with Gasteiger partial charge in [0.15, 0.2) is 0 Å². The van der Waals surface area contributed by atoms with E-state index in [0.717, 1.165) is 32.5 Å². The standard InChI is InChI=1S/C11H20N2O2.ClH/c1-2-10-8-15-6-5-13(10)11(14)9-3-4-12-7-9;/h9-10,12H,2-8H2,1H3;1H/t9-,10?;/m1./s1. The van der Waals surface area contributed by atoms with Gasteiger partial charge in [-0.05, 0) is 19.4 Å². The number of carbonyl (C=O) groups is 1. The summed E-state index contributed by atoms with van der Waals surface area (Å²) in [7, 11) is 0. The number of halogens is 1. The highest BCUT2D eigenvalue weighted by molar-refractivity contribution is 5.85. The van der Waals surface area contributed by atoms with Crippen molar-refractivity contribution in [1.82, 2.24) is 10.2 Å². The van der Waals surface area contributed by atoms with Gasteiger partial charge >= 0.3 is 0 Å². The fourth-order valence-electron chi connectivity index (χ4n) is 2.38. The van der Waals surface area contributed by atoms with Gasteiger partial charge in [0.05, 0.1) is 25.2 Å². The van der Waals surface area contributed by atoms with Crippen LogP contribution in [-0.2, 0) is 9.53 Å². The summed E-state index contributed by atoms with van der Waals surface area (Å²) in [6.45, 7) is 6.13. The molecule has 0 saturated carbocycles. The molecule has 2 atom stereocenters. The summed E-state index contributed by atoms with van der Waals surface area (Å²) in [6, 6.07) is 0.298. The number of nitrogens with one attached hydrogen (secondary N) is 1. The molecule has 0 aromatic heterocycles. The Hall–Kier alpha value is -0.320. The first-order valence-electron chi connectivity index (χ1n) is 5.92. The van der Waals surface area contributed by atoms with Crippen molar-refractivity contribution >= 4 is 18.3 Å². The van der Waals surface area contributed by atoms with E-state index in [-0.39, 0.29) is 18.3 Å². The number of rotatable bonds is 2. The second kappa shape index (κ2) is 6.42. The third-order valence-corrected chi connectivity index (χ3v) is 3.39. The number of ether oxygens (including phenoxy) is 1. The van der Waals surface area contributed by atoms with Crippen molar-refractivity contribution < 1.29 is 9.53 Å². The van der Waals surface area contributed by atoms with Crippen LogP contribution in [-0.4, -0.2) is 49.7 Å². The van der Waals surface area contributed by atoms with Crippen molar-refractivity contribution in [2.24, 2.45) is 5.92 Å². The lowest BCUT2D eigenvalue weighted by Crippen LogP contribution is -2.50. The van der Waals surface area contributed by atoms with Crippen LogP contribution in [0, 0.1) is 5.92 Å². The third kappa shape index (κ3) is 2.87. The molecule has 1 N–H and O–H groups in total. The Labute approximate surface area is 103 Å². The van der Waals surface area contributed by atoms with Gasteiger partial charge in [0, 0.05) is 13.1 Å². The molecule has 2 aliphatic heterocycles. The Balaban J connectivity index is 0.00000128. The van der Waals surface area contributed by atoms with Crippen LogP contribution in [0.4, 0.5) is 0 Å². The van der Waals surface area contributed by atoms with Crippen LogP contribution in [0.5, 0.6) is 0 Å². The summed E-state index contributed by atoms with van der Waals surface area (Å²) in [4.78, 5) is 14.2. The molecule has 2 rings (SSSR count). The largest absolute Gasteiger partial charge is 0.377 e. The highest BCUT2D eigenvalue weighted by Gasteiger charge is 2.32. The van der Waals surface area contributed by atoms with Crippen molar-refractivity contribution in [3.05, 3.63) is 0 Å². The van der Waals surface area contributed by atoms with E-state index >= 15 is 0 Å². The zero-order valence-electron chi connectivity index (χ0n) is 9.78. The Morgan fingerprint density at radius 1 is 1.56 bits per heavy atom. The van der Waals surface area contributed by atoms with Gasteiger partial charge in [-0.25, -0.2) is 0 Å². The lowest BCUT2D eigenvalue weighted by molar-refractivity contribution is -0.143. The van der Waals surface area contributed by atoms with Crippen LogP contribution >= 0.6 is 12.4 Å². The summed E-state index contributed by atoms with van der Waals surface area (Å²) in [6.07, 6.45) is 1.98. The smallest absolute Gasteiger partial charge is 0.227 e. The minimum atomic E-state index is 0. The van der Waals surface area contributed by atoms with Gasteiger partial charge in [-0.3, -0.25) is 4.79 Å². The molecule has 2 saturated heterocycles. The van der Waals surface area contributed by atoms with Crippen molar-refractivity contribution in [2.45, 2.75) is 25.8 Å². The summed E-state index contributed by atoms with van der Waals surface area (Å²) in [5, 5.41) is 3.25. The van der Waals surface area contributed by atoms with Crippen molar-refractivity contribution in [2.75, 3.05) is 32.8 Å². The average Bonchev–Trinajstić information content (AvgIpc) is 2.81. The van der Waals surface area contributed by atoms with E-state index in [1.54, 1.807) is 0 Å². The van der Waals surface area contributed by atoms with Crippen molar-refractivity contribution in [1.29, 1.82) is 0 Å². The van der Waals surface area contributed by atoms with Crippen molar-refractivity contribution in [3.63, 3.8) is 0 Å². The molecule has 0 aromatic carbocycles. The maximum atomic E-state index is 12.2. The molecule has 2 aliphatic rings. The summed E-state index contributed by atoms with van der Waals surface area (Å²) < 4.78 is 5.41. The van der Waals surface area contributed by atoms with Gasteiger partial charge in [-0.1, -0.05) is 6.92 Å². The van der Waals surface area contributed by atoms with Gasteiger partial charge in [0.25, 0.3) is 0 Å². The number of nitrogens with zero attached hydrogens (tertiary/aromatic N) is 1. The molecular weight excluding hydrogens is 228 g/mol. The Bertz CT molecular complexity index is 232. The molecule has 0 radical (unpaired) electrons. The lowest BCUT2D eigenvalue weighted by Gasteiger charge is -2.36.